The maximum atomic E-state index is 10.6. The number of methoxy groups -OCH3 is 1. The van der Waals surface area contributed by atoms with Crippen molar-refractivity contribution in [1.29, 1.82) is 0 Å². The van der Waals surface area contributed by atoms with E-state index in [4.69, 9.17) is 9.84 Å². The first-order valence-electron chi connectivity index (χ1n) is 5.74. The number of hydrogen-bond donors (Lipinski definition) is 2. The highest BCUT2D eigenvalue weighted by molar-refractivity contribution is 5.67. The Labute approximate surface area is 109 Å². The number of nitrogens with zero attached hydrogens (tertiary/aromatic N) is 3. The lowest BCUT2D eigenvalue weighted by Crippen LogP contribution is -2.04. The molecule has 2 rings (SSSR count). The molecule has 0 aliphatic carbocycles. The largest absolute Gasteiger partial charge is 0.481 e. The molecule has 0 unspecified atom stereocenters. The Hall–Kier alpha value is -2.44. The molecule has 2 N–H and O–H groups in total. The Kier molecular flexibility index (Phi) is 3.74. The zero-order valence-electron chi connectivity index (χ0n) is 10.7. The number of aromatic amines is 1. The molecule has 0 aliphatic heterocycles. The monoisotopic (exact) mass is 262 g/mol. The van der Waals surface area contributed by atoms with Crippen LogP contribution in [0.25, 0.3) is 11.4 Å². The van der Waals surface area contributed by atoms with Gasteiger partial charge in [-0.1, -0.05) is 0 Å². The van der Waals surface area contributed by atoms with Gasteiger partial charge in [-0.2, -0.15) is 10.1 Å². The molecule has 0 fully saturated rings. The highest BCUT2D eigenvalue weighted by Gasteiger charge is 2.10. The number of aromatic nitrogens is 4. The second-order valence-electron chi connectivity index (χ2n) is 4.04. The fourth-order valence-corrected chi connectivity index (χ4v) is 1.59. The van der Waals surface area contributed by atoms with E-state index in [1.165, 1.54) is 7.11 Å². The summed E-state index contributed by atoms with van der Waals surface area (Å²) in [4.78, 5) is 19.0. The van der Waals surface area contributed by atoms with Gasteiger partial charge < -0.3 is 9.84 Å². The first kappa shape index (κ1) is 13.0. The minimum Gasteiger partial charge on any atom is -0.481 e. The van der Waals surface area contributed by atoms with Crippen molar-refractivity contribution < 1.29 is 14.6 Å². The van der Waals surface area contributed by atoms with Crippen LogP contribution in [0.1, 0.15) is 17.9 Å². The third-order valence-corrected chi connectivity index (χ3v) is 2.49. The second kappa shape index (κ2) is 5.47. The van der Waals surface area contributed by atoms with E-state index in [0.29, 0.717) is 23.1 Å². The SMILES string of the molecule is COc1cc(-c2cc(C)[nH]n2)nc(CCC(=O)O)n1. The molecular formula is C12H14N4O3. The maximum absolute atomic E-state index is 10.6. The summed E-state index contributed by atoms with van der Waals surface area (Å²) >= 11 is 0. The van der Waals surface area contributed by atoms with Crippen molar-refractivity contribution >= 4 is 5.97 Å². The standard InChI is InChI=1S/C12H14N4O3/c1-7-5-9(16-15-7)8-6-11(19-2)14-10(13-8)3-4-12(17)18/h5-6H,3-4H2,1-2H3,(H,15,16)(H,17,18). The normalized spacial score (nSPS) is 10.4. The van der Waals surface area contributed by atoms with E-state index < -0.39 is 5.97 Å². The van der Waals surface area contributed by atoms with Gasteiger partial charge in [-0.15, -0.1) is 0 Å². The molecule has 2 aromatic heterocycles. The molecule has 2 heterocycles. The summed E-state index contributed by atoms with van der Waals surface area (Å²) in [5.41, 5.74) is 2.20. The highest BCUT2D eigenvalue weighted by atomic mass is 16.5. The topological polar surface area (TPSA) is 101 Å². The zero-order valence-corrected chi connectivity index (χ0v) is 10.7. The molecule has 19 heavy (non-hydrogen) atoms. The summed E-state index contributed by atoms with van der Waals surface area (Å²) in [7, 11) is 1.50. The van der Waals surface area contributed by atoms with Crippen LogP contribution in [0.5, 0.6) is 5.88 Å². The molecule has 0 bridgehead atoms. The van der Waals surface area contributed by atoms with Crippen LogP contribution in [0, 0.1) is 6.92 Å². The molecule has 0 aliphatic rings. The Bertz CT molecular complexity index is 594. The summed E-state index contributed by atoms with van der Waals surface area (Å²) in [5, 5.41) is 15.6. The maximum Gasteiger partial charge on any atom is 0.303 e. The predicted molar refractivity (Wildman–Crippen MR) is 66.9 cm³/mol. The van der Waals surface area contributed by atoms with Crippen LogP contribution >= 0.6 is 0 Å². The average molecular weight is 262 g/mol. The molecule has 0 saturated carbocycles. The molecule has 0 atom stereocenters. The molecule has 100 valence electrons. The molecular weight excluding hydrogens is 248 g/mol. The number of hydrogen-bond acceptors (Lipinski definition) is 5. The summed E-state index contributed by atoms with van der Waals surface area (Å²) in [6, 6.07) is 3.52. The Morgan fingerprint density at radius 2 is 2.16 bits per heavy atom. The lowest BCUT2D eigenvalue weighted by molar-refractivity contribution is -0.137. The number of carbonyl (C=O) groups is 1. The smallest absolute Gasteiger partial charge is 0.303 e. The van der Waals surface area contributed by atoms with E-state index in [9.17, 15) is 4.79 Å². The van der Waals surface area contributed by atoms with E-state index >= 15 is 0 Å². The van der Waals surface area contributed by atoms with E-state index in [1.807, 2.05) is 13.0 Å². The zero-order chi connectivity index (χ0) is 13.8. The van der Waals surface area contributed by atoms with Gasteiger partial charge in [0.25, 0.3) is 0 Å². The van der Waals surface area contributed by atoms with Gasteiger partial charge in [0.05, 0.1) is 19.2 Å². The van der Waals surface area contributed by atoms with Gasteiger partial charge in [-0.25, -0.2) is 4.98 Å². The predicted octanol–water partition coefficient (Wildman–Crippen LogP) is 1.20. The molecule has 0 radical (unpaired) electrons. The third kappa shape index (κ3) is 3.27. The first-order chi connectivity index (χ1) is 9.08. The van der Waals surface area contributed by atoms with Crippen molar-refractivity contribution in [2.24, 2.45) is 0 Å². The number of H-pyrrole nitrogens is 1. The average Bonchev–Trinajstić information content (AvgIpc) is 2.82. The fourth-order valence-electron chi connectivity index (χ4n) is 1.59. The number of aliphatic carboxylic acids is 1. The molecule has 7 heteroatoms. The molecule has 0 spiro atoms. The van der Waals surface area contributed by atoms with Crippen LogP contribution < -0.4 is 4.74 Å². The van der Waals surface area contributed by atoms with Crippen LogP contribution in [0.4, 0.5) is 0 Å². The van der Waals surface area contributed by atoms with Gasteiger partial charge in [-0.05, 0) is 13.0 Å². The quantitative estimate of drug-likeness (QED) is 0.839. The van der Waals surface area contributed by atoms with E-state index in [1.54, 1.807) is 6.07 Å². The summed E-state index contributed by atoms with van der Waals surface area (Å²) in [6.45, 7) is 1.89. The van der Waals surface area contributed by atoms with E-state index in [-0.39, 0.29) is 12.8 Å². The number of aryl methyl sites for hydroxylation is 2. The Morgan fingerprint density at radius 3 is 2.74 bits per heavy atom. The molecule has 0 amide bonds. The molecule has 0 saturated heterocycles. The Morgan fingerprint density at radius 1 is 1.37 bits per heavy atom. The fraction of sp³-hybridized carbons (Fsp3) is 0.333. The van der Waals surface area contributed by atoms with Crippen molar-refractivity contribution in [3.8, 4) is 17.3 Å². The van der Waals surface area contributed by atoms with Crippen molar-refractivity contribution in [3.63, 3.8) is 0 Å². The van der Waals surface area contributed by atoms with E-state index in [2.05, 4.69) is 20.2 Å². The summed E-state index contributed by atoms with van der Waals surface area (Å²) in [6.07, 6.45) is 0.231. The van der Waals surface area contributed by atoms with Crippen LogP contribution in [-0.2, 0) is 11.2 Å². The number of rotatable bonds is 5. The van der Waals surface area contributed by atoms with Crippen LogP contribution in [-0.4, -0.2) is 38.4 Å². The minimum absolute atomic E-state index is 0.0216. The second-order valence-corrected chi connectivity index (χ2v) is 4.04. The van der Waals surface area contributed by atoms with Gasteiger partial charge in [0, 0.05) is 18.2 Å². The van der Waals surface area contributed by atoms with Crippen LogP contribution in [0.2, 0.25) is 0 Å². The summed E-state index contributed by atoms with van der Waals surface area (Å²) < 4.78 is 5.09. The molecule has 0 aromatic carbocycles. The minimum atomic E-state index is -0.886. The number of ether oxygens (including phenoxy) is 1. The third-order valence-electron chi connectivity index (χ3n) is 2.49. The lowest BCUT2D eigenvalue weighted by atomic mass is 10.2. The van der Waals surface area contributed by atoms with Gasteiger partial charge in [0.15, 0.2) is 0 Å². The lowest BCUT2D eigenvalue weighted by Gasteiger charge is -2.04. The van der Waals surface area contributed by atoms with Crippen molar-refractivity contribution in [2.45, 2.75) is 19.8 Å². The van der Waals surface area contributed by atoms with Crippen molar-refractivity contribution in [2.75, 3.05) is 7.11 Å². The van der Waals surface area contributed by atoms with Crippen LogP contribution in [0.15, 0.2) is 12.1 Å². The number of carboxylic acid groups (broad SMARTS) is 1. The van der Waals surface area contributed by atoms with Gasteiger partial charge in [0.1, 0.15) is 11.5 Å². The number of carboxylic acids is 1. The first-order valence-corrected chi connectivity index (χ1v) is 5.74. The van der Waals surface area contributed by atoms with Crippen molar-refractivity contribution in [1.82, 2.24) is 20.2 Å². The molecule has 7 nitrogen and oxygen atoms in total. The Balaban J connectivity index is 2.32. The molecule has 2 aromatic rings. The highest BCUT2D eigenvalue weighted by Crippen LogP contribution is 2.20. The van der Waals surface area contributed by atoms with E-state index in [0.717, 1.165) is 5.69 Å². The van der Waals surface area contributed by atoms with Crippen molar-refractivity contribution in [3.05, 3.63) is 23.7 Å². The number of nitrogens with one attached hydrogen (secondary N) is 1. The summed E-state index contributed by atoms with van der Waals surface area (Å²) in [5.74, 6) is -0.0629. The van der Waals surface area contributed by atoms with Gasteiger partial charge in [-0.3, -0.25) is 9.89 Å². The van der Waals surface area contributed by atoms with Gasteiger partial charge >= 0.3 is 5.97 Å². The van der Waals surface area contributed by atoms with Gasteiger partial charge in [0.2, 0.25) is 5.88 Å². The van der Waals surface area contributed by atoms with Crippen LogP contribution in [0.3, 0.4) is 0 Å².